The molecule has 0 radical (unpaired) electrons. The van der Waals surface area contributed by atoms with Crippen molar-refractivity contribution in [1.29, 1.82) is 5.41 Å². The van der Waals surface area contributed by atoms with Crippen LogP contribution >= 0.6 is 0 Å². The van der Waals surface area contributed by atoms with Crippen LogP contribution in [0.1, 0.15) is 37.8 Å². The van der Waals surface area contributed by atoms with E-state index in [0.717, 1.165) is 29.5 Å². The van der Waals surface area contributed by atoms with Crippen molar-refractivity contribution < 1.29 is 24.2 Å². The maximum atomic E-state index is 12.1. The Morgan fingerprint density at radius 2 is 1.57 bits per heavy atom. The van der Waals surface area contributed by atoms with E-state index < -0.39 is 11.4 Å². The van der Waals surface area contributed by atoms with Crippen LogP contribution in [0.25, 0.3) is 11.1 Å². The van der Waals surface area contributed by atoms with Crippen LogP contribution in [0, 0.1) is 5.41 Å². The fraction of sp³-hybridized carbons (Fsp3) is 0.292. The van der Waals surface area contributed by atoms with E-state index in [9.17, 15) is 14.7 Å². The van der Waals surface area contributed by atoms with Crippen LogP contribution in [0.3, 0.4) is 0 Å². The molecule has 0 aliphatic heterocycles. The standard InChI is InChI=1S/C24H25NO5/c1-4-30-22(27)20(15(2)26)21(25)18-7-5-16(6-8-18)17-9-11-19(12-10-17)24(13-14-24)23(28)29-3/h5-12,25-26H,4,13-14H2,1-3H3. The van der Waals surface area contributed by atoms with Crippen molar-refractivity contribution in [2.45, 2.75) is 32.1 Å². The zero-order chi connectivity index (χ0) is 21.9. The van der Waals surface area contributed by atoms with Crippen molar-refractivity contribution in [2.24, 2.45) is 0 Å². The lowest BCUT2D eigenvalue weighted by Crippen LogP contribution is -2.21. The van der Waals surface area contributed by atoms with Gasteiger partial charge in [-0.25, -0.2) is 4.79 Å². The number of aliphatic hydroxyl groups is 1. The molecule has 0 atom stereocenters. The molecule has 1 aliphatic rings. The van der Waals surface area contributed by atoms with Crippen molar-refractivity contribution in [3.05, 3.63) is 71.0 Å². The normalized spacial score (nSPS) is 15.0. The molecule has 0 aromatic heterocycles. The van der Waals surface area contributed by atoms with Gasteiger partial charge in [0.2, 0.25) is 0 Å². The lowest BCUT2D eigenvalue weighted by atomic mass is 9.93. The molecule has 2 N–H and O–H groups in total. The Morgan fingerprint density at radius 3 is 2.00 bits per heavy atom. The van der Waals surface area contributed by atoms with Gasteiger partial charge in [0.1, 0.15) is 11.3 Å². The maximum absolute atomic E-state index is 12.1. The van der Waals surface area contributed by atoms with E-state index in [0.29, 0.717) is 5.56 Å². The van der Waals surface area contributed by atoms with Crippen LogP contribution in [0.5, 0.6) is 0 Å². The highest BCUT2D eigenvalue weighted by molar-refractivity contribution is 6.25. The highest BCUT2D eigenvalue weighted by atomic mass is 16.5. The third kappa shape index (κ3) is 3.99. The molecule has 1 aliphatic carbocycles. The second-order valence-corrected chi connectivity index (χ2v) is 7.28. The number of benzene rings is 2. The van der Waals surface area contributed by atoms with Crippen LogP contribution < -0.4 is 0 Å². The van der Waals surface area contributed by atoms with E-state index >= 15 is 0 Å². The van der Waals surface area contributed by atoms with E-state index in [4.69, 9.17) is 14.9 Å². The molecule has 1 fully saturated rings. The summed E-state index contributed by atoms with van der Waals surface area (Å²) in [6, 6.07) is 15.0. The molecule has 1 saturated carbocycles. The number of carbonyl (C=O) groups excluding carboxylic acids is 2. The molecule has 0 amide bonds. The number of hydrogen-bond donors (Lipinski definition) is 2. The number of rotatable bonds is 7. The van der Waals surface area contributed by atoms with Gasteiger partial charge in [-0.15, -0.1) is 0 Å². The number of allylic oxidation sites excluding steroid dienone is 1. The molecular weight excluding hydrogens is 382 g/mol. The average molecular weight is 407 g/mol. The summed E-state index contributed by atoms with van der Waals surface area (Å²) in [4.78, 5) is 24.1. The molecule has 2 aromatic rings. The smallest absolute Gasteiger partial charge is 0.343 e. The maximum Gasteiger partial charge on any atom is 0.343 e. The van der Waals surface area contributed by atoms with Crippen molar-refractivity contribution in [2.75, 3.05) is 13.7 Å². The highest BCUT2D eigenvalue weighted by Crippen LogP contribution is 2.49. The Morgan fingerprint density at radius 1 is 1.03 bits per heavy atom. The molecule has 2 aromatic carbocycles. The zero-order valence-electron chi connectivity index (χ0n) is 17.3. The molecule has 0 heterocycles. The second-order valence-electron chi connectivity index (χ2n) is 7.28. The van der Waals surface area contributed by atoms with Gasteiger partial charge in [0.05, 0.1) is 24.8 Å². The van der Waals surface area contributed by atoms with Gasteiger partial charge in [-0.2, -0.15) is 0 Å². The summed E-state index contributed by atoms with van der Waals surface area (Å²) >= 11 is 0. The number of methoxy groups -OCH3 is 1. The van der Waals surface area contributed by atoms with Crippen LogP contribution in [0.4, 0.5) is 0 Å². The van der Waals surface area contributed by atoms with Crippen LogP contribution in [0.15, 0.2) is 59.9 Å². The number of ether oxygens (including phenoxy) is 2. The van der Waals surface area contributed by atoms with Crippen molar-refractivity contribution in [3.63, 3.8) is 0 Å². The van der Waals surface area contributed by atoms with Crippen LogP contribution in [-0.2, 0) is 24.5 Å². The molecule has 6 nitrogen and oxygen atoms in total. The van der Waals surface area contributed by atoms with Gasteiger partial charge in [-0.05, 0) is 43.4 Å². The summed E-state index contributed by atoms with van der Waals surface area (Å²) < 4.78 is 9.88. The molecule has 156 valence electrons. The molecule has 0 unspecified atom stereocenters. The monoisotopic (exact) mass is 407 g/mol. The van der Waals surface area contributed by atoms with E-state index in [1.165, 1.54) is 14.0 Å². The molecular formula is C24H25NO5. The highest BCUT2D eigenvalue weighted by Gasteiger charge is 2.52. The molecule has 0 bridgehead atoms. The van der Waals surface area contributed by atoms with Gasteiger partial charge < -0.3 is 14.6 Å². The number of nitrogens with one attached hydrogen (secondary N) is 1. The van der Waals surface area contributed by atoms with Crippen LogP contribution in [0.2, 0.25) is 0 Å². The summed E-state index contributed by atoms with van der Waals surface area (Å²) in [5.74, 6) is -1.16. The first-order chi connectivity index (χ1) is 14.3. The summed E-state index contributed by atoms with van der Waals surface area (Å²) in [6.45, 7) is 3.19. The molecule has 0 saturated heterocycles. The van der Waals surface area contributed by atoms with E-state index in [-0.39, 0.29) is 29.6 Å². The average Bonchev–Trinajstić information content (AvgIpc) is 3.55. The zero-order valence-corrected chi connectivity index (χ0v) is 17.3. The number of carbonyl (C=O) groups is 2. The number of esters is 2. The van der Waals surface area contributed by atoms with E-state index in [2.05, 4.69) is 0 Å². The van der Waals surface area contributed by atoms with Gasteiger partial charge in [0.15, 0.2) is 0 Å². The summed E-state index contributed by atoms with van der Waals surface area (Å²) in [7, 11) is 1.41. The fourth-order valence-electron chi connectivity index (χ4n) is 3.52. The first-order valence-electron chi connectivity index (χ1n) is 9.79. The Kier molecular flexibility index (Phi) is 6.06. The molecule has 3 rings (SSSR count). The molecule has 30 heavy (non-hydrogen) atoms. The van der Waals surface area contributed by atoms with Crippen molar-refractivity contribution in [1.82, 2.24) is 0 Å². The Bertz CT molecular complexity index is 995. The van der Waals surface area contributed by atoms with E-state index in [1.807, 2.05) is 36.4 Å². The predicted octanol–water partition coefficient (Wildman–Crippen LogP) is 4.32. The summed E-state index contributed by atoms with van der Waals surface area (Å²) in [6.07, 6.45) is 1.60. The first kappa shape index (κ1) is 21.3. The van der Waals surface area contributed by atoms with Gasteiger partial charge in [-0.3, -0.25) is 10.2 Å². The predicted molar refractivity (Wildman–Crippen MR) is 114 cm³/mol. The van der Waals surface area contributed by atoms with Gasteiger partial charge in [0, 0.05) is 5.56 Å². The molecule has 0 spiro atoms. The topological polar surface area (TPSA) is 96.7 Å². The third-order valence-electron chi connectivity index (χ3n) is 5.36. The third-order valence-corrected chi connectivity index (χ3v) is 5.36. The summed E-state index contributed by atoms with van der Waals surface area (Å²) in [5, 5.41) is 18.1. The fourth-order valence-corrected chi connectivity index (χ4v) is 3.52. The number of aliphatic hydroxyl groups excluding tert-OH is 1. The van der Waals surface area contributed by atoms with Crippen LogP contribution in [-0.4, -0.2) is 36.5 Å². The van der Waals surface area contributed by atoms with Crippen molar-refractivity contribution >= 4 is 17.7 Å². The largest absolute Gasteiger partial charge is 0.512 e. The lowest BCUT2D eigenvalue weighted by Gasteiger charge is -2.14. The number of hydrogen-bond acceptors (Lipinski definition) is 6. The minimum atomic E-state index is -0.721. The minimum Gasteiger partial charge on any atom is -0.512 e. The Labute approximate surface area is 175 Å². The van der Waals surface area contributed by atoms with Gasteiger partial charge in [0.25, 0.3) is 0 Å². The Balaban J connectivity index is 1.81. The van der Waals surface area contributed by atoms with Gasteiger partial charge >= 0.3 is 11.9 Å². The first-order valence-corrected chi connectivity index (χ1v) is 9.79. The minimum absolute atomic E-state index is 0.0934. The molecule has 6 heteroatoms. The lowest BCUT2D eigenvalue weighted by molar-refractivity contribution is -0.143. The van der Waals surface area contributed by atoms with E-state index in [1.54, 1.807) is 19.1 Å². The Hall–Kier alpha value is -3.41. The summed E-state index contributed by atoms with van der Waals surface area (Å²) in [5.41, 5.74) is 2.62. The van der Waals surface area contributed by atoms with Gasteiger partial charge in [-0.1, -0.05) is 48.5 Å². The SMILES string of the molecule is CCOC(=O)C(C(=N)c1ccc(-c2ccc(C3(C(=O)OC)CC3)cc2)cc1)=C(C)O. The second kappa shape index (κ2) is 8.53. The van der Waals surface area contributed by atoms with Crippen molar-refractivity contribution in [3.8, 4) is 11.1 Å². The quantitative estimate of drug-likeness (QED) is 0.308.